The predicted octanol–water partition coefficient (Wildman–Crippen LogP) is 1.28. The number of fused-ring (bicyclic) bond motifs is 2. The van der Waals surface area contributed by atoms with Crippen molar-refractivity contribution in [2.24, 2.45) is 5.92 Å². The van der Waals surface area contributed by atoms with E-state index in [4.69, 9.17) is 0 Å². The fourth-order valence-corrected chi connectivity index (χ4v) is 4.66. The van der Waals surface area contributed by atoms with Gasteiger partial charge < -0.3 is 19.7 Å². The van der Waals surface area contributed by atoms with E-state index in [9.17, 15) is 4.79 Å². The van der Waals surface area contributed by atoms with Crippen LogP contribution in [0.3, 0.4) is 0 Å². The molecule has 138 valence electrons. The second-order valence-electron chi connectivity index (χ2n) is 7.84. The van der Waals surface area contributed by atoms with Crippen molar-refractivity contribution in [3.05, 3.63) is 11.6 Å². The van der Waals surface area contributed by atoms with Gasteiger partial charge in [-0.25, -0.2) is 4.79 Å². The molecule has 0 aliphatic carbocycles. The number of aromatic nitrogens is 3. The fourth-order valence-electron chi connectivity index (χ4n) is 4.66. The largest absolute Gasteiger partial charge is 0.338 e. The molecular formula is C18H30N6O. The van der Waals surface area contributed by atoms with Crippen molar-refractivity contribution in [2.75, 3.05) is 33.2 Å². The Bertz CT molecular complexity index is 615. The van der Waals surface area contributed by atoms with Gasteiger partial charge in [0.2, 0.25) is 0 Å². The number of hydrogen-bond acceptors (Lipinski definition) is 4. The number of nitrogens with zero attached hydrogens (tertiary/aromatic N) is 5. The first kappa shape index (κ1) is 16.8. The van der Waals surface area contributed by atoms with Crippen molar-refractivity contribution in [2.45, 2.75) is 57.5 Å². The number of aryl methyl sites for hydroxylation is 1. The number of nitrogens with one attached hydrogen (secondary N) is 1. The van der Waals surface area contributed by atoms with Gasteiger partial charge in [0.25, 0.3) is 0 Å². The average molecular weight is 346 g/mol. The molecule has 7 heteroatoms. The average Bonchev–Trinajstić information content (AvgIpc) is 3.11. The Labute approximate surface area is 149 Å². The number of piperidine rings is 1. The number of likely N-dealkylation sites (N-methyl/N-ethyl adjacent to an activating group) is 1. The van der Waals surface area contributed by atoms with Crippen molar-refractivity contribution < 1.29 is 4.79 Å². The van der Waals surface area contributed by atoms with E-state index >= 15 is 0 Å². The number of urea groups is 1. The van der Waals surface area contributed by atoms with E-state index in [-0.39, 0.29) is 6.03 Å². The minimum absolute atomic E-state index is 0.0957. The van der Waals surface area contributed by atoms with Gasteiger partial charge in [0.15, 0.2) is 0 Å². The van der Waals surface area contributed by atoms with Crippen LogP contribution in [0.2, 0.25) is 0 Å². The maximum atomic E-state index is 12.6. The van der Waals surface area contributed by atoms with E-state index in [0.717, 1.165) is 57.1 Å². The third-order valence-electron chi connectivity index (χ3n) is 6.14. The molecular weight excluding hydrogens is 316 g/mol. The summed E-state index contributed by atoms with van der Waals surface area (Å²) in [5.74, 6) is 2.83. The van der Waals surface area contributed by atoms with Crippen LogP contribution in [-0.4, -0.2) is 69.9 Å². The van der Waals surface area contributed by atoms with Crippen molar-refractivity contribution in [3.63, 3.8) is 0 Å². The minimum atomic E-state index is 0.0957. The standard InChI is InChI=1S/C18H30N6O/c1-22-11-7-14-8-12-23(15(14)13-22)18(25)19-9-6-17-21-20-16-5-3-2-4-10-24(16)17/h14-15H,2-13H2,1H3,(H,19,25)/t14-,15-/m1/s1. The molecule has 0 unspecified atom stereocenters. The van der Waals surface area contributed by atoms with Crippen molar-refractivity contribution in [1.82, 2.24) is 29.9 Å². The molecule has 3 aliphatic heterocycles. The van der Waals surface area contributed by atoms with E-state index in [0.29, 0.717) is 18.5 Å². The van der Waals surface area contributed by atoms with E-state index < -0.39 is 0 Å². The van der Waals surface area contributed by atoms with Gasteiger partial charge in [0.05, 0.1) is 0 Å². The molecule has 1 N–H and O–H groups in total. The van der Waals surface area contributed by atoms with Crippen molar-refractivity contribution in [1.29, 1.82) is 0 Å². The van der Waals surface area contributed by atoms with Crippen LogP contribution in [0.5, 0.6) is 0 Å². The highest BCUT2D eigenvalue weighted by Gasteiger charge is 2.39. The lowest BCUT2D eigenvalue weighted by molar-refractivity contribution is 0.131. The van der Waals surface area contributed by atoms with Crippen LogP contribution in [0.25, 0.3) is 0 Å². The molecule has 4 rings (SSSR count). The van der Waals surface area contributed by atoms with Gasteiger partial charge in [-0.15, -0.1) is 10.2 Å². The second-order valence-corrected chi connectivity index (χ2v) is 7.84. The molecule has 7 nitrogen and oxygen atoms in total. The molecule has 3 aliphatic rings. The van der Waals surface area contributed by atoms with Gasteiger partial charge in [0.1, 0.15) is 11.6 Å². The highest BCUT2D eigenvalue weighted by molar-refractivity contribution is 5.75. The Kier molecular flexibility index (Phi) is 4.92. The zero-order chi connectivity index (χ0) is 17.2. The fraction of sp³-hybridized carbons (Fsp3) is 0.833. The van der Waals surface area contributed by atoms with E-state index in [1.54, 1.807) is 0 Å². The molecule has 0 aromatic carbocycles. The Morgan fingerprint density at radius 1 is 1.16 bits per heavy atom. The maximum absolute atomic E-state index is 12.6. The molecule has 25 heavy (non-hydrogen) atoms. The topological polar surface area (TPSA) is 66.3 Å². The summed E-state index contributed by atoms with van der Waals surface area (Å²) in [5, 5.41) is 11.8. The van der Waals surface area contributed by atoms with Gasteiger partial charge >= 0.3 is 6.03 Å². The van der Waals surface area contributed by atoms with Crippen LogP contribution in [0, 0.1) is 5.92 Å². The van der Waals surface area contributed by atoms with Gasteiger partial charge in [-0.05, 0) is 45.2 Å². The highest BCUT2D eigenvalue weighted by atomic mass is 16.2. The highest BCUT2D eigenvalue weighted by Crippen LogP contribution is 2.31. The molecule has 1 aromatic heterocycles. The summed E-state index contributed by atoms with van der Waals surface area (Å²) in [6.07, 6.45) is 7.85. The number of rotatable bonds is 3. The molecule has 0 radical (unpaired) electrons. The van der Waals surface area contributed by atoms with Crippen molar-refractivity contribution >= 4 is 6.03 Å². The van der Waals surface area contributed by atoms with Crippen LogP contribution in [0.1, 0.15) is 43.8 Å². The second kappa shape index (κ2) is 7.32. The number of carbonyl (C=O) groups excluding carboxylic acids is 1. The molecule has 2 amide bonds. The van der Waals surface area contributed by atoms with Crippen LogP contribution < -0.4 is 5.32 Å². The SMILES string of the molecule is CN1CC[C@@H]2CCN(C(=O)NCCc3nnc4n3CCCCC4)[C@@H]2C1. The summed E-state index contributed by atoms with van der Waals surface area (Å²) < 4.78 is 2.27. The molecule has 0 spiro atoms. The zero-order valence-electron chi connectivity index (χ0n) is 15.3. The Morgan fingerprint density at radius 3 is 2.96 bits per heavy atom. The van der Waals surface area contributed by atoms with Gasteiger partial charge in [-0.1, -0.05) is 6.42 Å². The predicted molar refractivity (Wildman–Crippen MR) is 95.4 cm³/mol. The van der Waals surface area contributed by atoms with Gasteiger partial charge in [-0.3, -0.25) is 0 Å². The van der Waals surface area contributed by atoms with E-state index in [1.165, 1.54) is 25.7 Å². The minimum Gasteiger partial charge on any atom is -0.338 e. The molecule has 2 fully saturated rings. The summed E-state index contributed by atoms with van der Waals surface area (Å²) >= 11 is 0. The van der Waals surface area contributed by atoms with Crippen LogP contribution in [-0.2, 0) is 19.4 Å². The lowest BCUT2D eigenvalue weighted by Crippen LogP contribution is -2.51. The Hall–Kier alpha value is -1.63. The number of carbonyl (C=O) groups is 1. The number of amides is 2. The monoisotopic (exact) mass is 346 g/mol. The number of likely N-dealkylation sites (tertiary alicyclic amines) is 2. The first-order valence-electron chi connectivity index (χ1n) is 9.86. The lowest BCUT2D eigenvalue weighted by atomic mass is 9.92. The van der Waals surface area contributed by atoms with Gasteiger partial charge in [0, 0.05) is 45.1 Å². The molecule has 0 saturated carbocycles. The molecule has 0 bridgehead atoms. The Morgan fingerprint density at radius 2 is 2.04 bits per heavy atom. The van der Waals surface area contributed by atoms with Crippen LogP contribution in [0.4, 0.5) is 4.79 Å². The van der Waals surface area contributed by atoms with Gasteiger partial charge in [-0.2, -0.15) is 0 Å². The lowest BCUT2D eigenvalue weighted by Gasteiger charge is -2.36. The molecule has 2 saturated heterocycles. The quantitative estimate of drug-likeness (QED) is 0.895. The summed E-state index contributed by atoms with van der Waals surface area (Å²) in [6.45, 7) is 4.73. The third-order valence-corrected chi connectivity index (χ3v) is 6.14. The molecule has 4 heterocycles. The summed E-state index contributed by atoms with van der Waals surface area (Å²) in [6, 6.07) is 0.488. The first-order valence-corrected chi connectivity index (χ1v) is 9.86. The third kappa shape index (κ3) is 3.52. The maximum Gasteiger partial charge on any atom is 0.317 e. The Balaban J connectivity index is 1.30. The van der Waals surface area contributed by atoms with E-state index in [2.05, 4.69) is 36.9 Å². The van der Waals surface area contributed by atoms with Crippen LogP contribution >= 0.6 is 0 Å². The summed E-state index contributed by atoms with van der Waals surface area (Å²) in [5.41, 5.74) is 0. The first-order chi connectivity index (χ1) is 12.2. The summed E-state index contributed by atoms with van der Waals surface area (Å²) in [7, 11) is 2.15. The van der Waals surface area contributed by atoms with Crippen LogP contribution in [0.15, 0.2) is 0 Å². The molecule has 2 atom stereocenters. The van der Waals surface area contributed by atoms with E-state index in [1.807, 2.05) is 0 Å². The van der Waals surface area contributed by atoms with Crippen molar-refractivity contribution in [3.8, 4) is 0 Å². The normalized spacial score (nSPS) is 26.8. The number of hydrogen-bond donors (Lipinski definition) is 1. The molecule has 1 aromatic rings. The zero-order valence-corrected chi connectivity index (χ0v) is 15.3. The smallest absolute Gasteiger partial charge is 0.317 e. The summed E-state index contributed by atoms with van der Waals surface area (Å²) in [4.78, 5) is 17.0.